The van der Waals surface area contributed by atoms with Gasteiger partial charge in [0.15, 0.2) is 5.82 Å². The predicted octanol–water partition coefficient (Wildman–Crippen LogP) is 1.20. The summed E-state index contributed by atoms with van der Waals surface area (Å²) >= 11 is 0. The van der Waals surface area contributed by atoms with Crippen molar-refractivity contribution < 1.29 is 9.53 Å². The first-order valence-electron chi connectivity index (χ1n) is 6.41. The Morgan fingerprint density at radius 2 is 2.14 bits per heavy atom. The van der Waals surface area contributed by atoms with E-state index in [2.05, 4.69) is 20.7 Å². The molecule has 0 bridgehead atoms. The molecule has 0 radical (unpaired) electrons. The lowest BCUT2D eigenvalue weighted by molar-refractivity contribution is 0.102. The molecule has 0 saturated carbocycles. The molecule has 7 heteroatoms. The van der Waals surface area contributed by atoms with Crippen LogP contribution in [0.5, 0.6) is 0 Å². The number of carbonyl (C=O) groups is 1. The molecule has 0 fully saturated rings. The van der Waals surface area contributed by atoms with Crippen molar-refractivity contribution in [1.82, 2.24) is 9.97 Å². The fourth-order valence-electron chi connectivity index (χ4n) is 1.80. The molecule has 0 aliphatic heterocycles. The van der Waals surface area contributed by atoms with E-state index in [1.807, 2.05) is 24.3 Å². The van der Waals surface area contributed by atoms with Crippen molar-refractivity contribution in [3.8, 4) is 0 Å². The molecule has 7 nitrogen and oxygen atoms in total. The van der Waals surface area contributed by atoms with Crippen LogP contribution < -0.4 is 16.6 Å². The van der Waals surface area contributed by atoms with E-state index < -0.39 is 0 Å². The molecule has 0 spiro atoms. The van der Waals surface area contributed by atoms with E-state index in [4.69, 9.17) is 10.6 Å². The van der Waals surface area contributed by atoms with Crippen LogP contribution >= 0.6 is 0 Å². The summed E-state index contributed by atoms with van der Waals surface area (Å²) in [6, 6.07) is 7.55. The Hall–Kier alpha value is -2.51. The zero-order valence-corrected chi connectivity index (χ0v) is 11.7. The lowest BCUT2D eigenvalue weighted by Gasteiger charge is -2.10. The van der Waals surface area contributed by atoms with Gasteiger partial charge in [-0.2, -0.15) is 0 Å². The van der Waals surface area contributed by atoms with Crippen molar-refractivity contribution in [2.75, 3.05) is 24.5 Å². The fourth-order valence-corrected chi connectivity index (χ4v) is 1.80. The van der Waals surface area contributed by atoms with Crippen LogP contribution in [0.1, 0.15) is 16.1 Å². The van der Waals surface area contributed by atoms with Crippen LogP contribution in [0.25, 0.3) is 0 Å². The summed E-state index contributed by atoms with van der Waals surface area (Å²) in [6.07, 6.45) is 3.53. The molecule has 0 aliphatic carbocycles. The van der Waals surface area contributed by atoms with Gasteiger partial charge in [0, 0.05) is 12.8 Å². The van der Waals surface area contributed by atoms with Crippen LogP contribution in [0.15, 0.2) is 36.7 Å². The van der Waals surface area contributed by atoms with Crippen molar-refractivity contribution >= 4 is 17.4 Å². The Morgan fingerprint density at radius 1 is 1.33 bits per heavy atom. The monoisotopic (exact) mass is 287 g/mol. The van der Waals surface area contributed by atoms with Gasteiger partial charge in [-0.25, -0.2) is 10.8 Å². The van der Waals surface area contributed by atoms with Crippen LogP contribution in [-0.4, -0.2) is 29.6 Å². The molecule has 1 amide bonds. The number of nitrogen functional groups attached to an aromatic ring is 1. The van der Waals surface area contributed by atoms with Crippen LogP contribution in [0.4, 0.5) is 11.5 Å². The molecule has 1 heterocycles. The molecule has 2 aromatic rings. The lowest BCUT2D eigenvalue weighted by Crippen LogP contribution is -2.17. The highest BCUT2D eigenvalue weighted by Gasteiger charge is 2.11. The molecular weight excluding hydrogens is 270 g/mol. The van der Waals surface area contributed by atoms with Crippen molar-refractivity contribution in [3.05, 3.63) is 47.9 Å². The highest BCUT2D eigenvalue weighted by Crippen LogP contribution is 2.16. The zero-order valence-electron chi connectivity index (χ0n) is 11.7. The number of nitrogens with two attached hydrogens (primary N) is 1. The van der Waals surface area contributed by atoms with Gasteiger partial charge >= 0.3 is 0 Å². The van der Waals surface area contributed by atoms with Gasteiger partial charge in [0.25, 0.3) is 5.91 Å². The predicted molar refractivity (Wildman–Crippen MR) is 79.8 cm³/mol. The molecule has 2 rings (SSSR count). The molecule has 0 saturated heterocycles. The quantitative estimate of drug-likeness (QED) is 0.545. The Balaban J connectivity index is 2.15. The normalized spacial score (nSPS) is 10.2. The van der Waals surface area contributed by atoms with Gasteiger partial charge in [0.2, 0.25) is 0 Å². The van der Waals surface area contributed by atoms with Crippen molar-refractivity contribution in [3.63, 3.8) is 0 Å². The number of nitrogens with zero attached hydrogens (tertiary/aromatic N) is 2. The van der Waals surface area contributed by atoms with Crippen molar-refractivity contribution in [2.24, 2.45) is 5.84 Å². The molecule has 0 atom stereocenters. The third-order valence-electron chi connectivity index (χ3n) is 2.86. The van der Waals surface area contributed by atoms with E-state index in [0.717, 1.165) is 11.3 Å². The van der Waals surface area contributed by atoms with E-state index in [-0.39, 0.29) is 11.6 Å². The number of hydrazine groups is 1. The maximum absolute atomic E-state index is 12.2. The molecule has 4 N–H and O–H groups in total. The number of carbonyl (C=O) groups excluding carboxylic acids is 1. The first kappa shape index (κ1) is 14.9. The molecule has 21 heavy (non-hydrogen) atoms. The topological polar surface area (TPSA) is 102 Å². The first-order valence-corrected chi connectivity index (χ1v) is 6.41. The third-order valence-corrected chi connectivity index (χ3v) is 2.86. The summed E-state index contributed by atoms with van der Waals surface area (Å²) in [4.78, 5) is 20.1. The first-order chi connectivity index (χ1) is 10.2. The van der Waals surface area contributed by atoms with E-state index in [1.54, 1.807) is 7.11 Å². The maximum Gasteiger partial charge on any atom is 0.275 e. The second-order valence-electron chi connectivity index (χ2n) is 4.29. The summed E-state index contributed by atoms with van der Waals surface area (Å²) in [6.45, 7) is 0.583. The maximum atomic E-state index is 12.2. The Labute approximate surface area is 122 Å². The molecule has 0 unspecified atom stereocenters. The number of amides is 1. The van der Waals surface area contributed by atoms with Gasteiger partial charge in [-0.1, -0.05) is 18.2 Å². The van der Waals surface area contributed by atoms with Crippen molar-refractivity contribution in [2.45, 2.75) is 6.42 Å². The van der Waals surface area contributed by atoms with E-state index in [1.165, 1.54) is 12.4 Å². The SMILES string of the molecule is COCCc1ccccc1NC(=O)c1cncc(NN)n1. The van der Waals surface area contributed by atoms with Crippen molar-refractivity contribution in [1.29, 1.82) is 0 Å². The summed E-state index contributed by atoms with van der Waals surface area (Å²) < 4.78 is 5.06. The number of methoxy groups -OCH3 is 1. The van der Waals surface area contributed by atoms with Gasteiger partial charge < -0.3 is 15.5 Å². The minimum Gasteiger partial charge on any atom is -0.384 e. The highest BCUT2D eigenvalue weighted by molar-refractivity contribution is 6.03. The number of nitrogens with one attached hydrogen (secondary N) is 2. The van der Waals surface area contributed by atoms with Gasteiger partial charge in [0.1, 0.15) is 5.69 Å². The summed E-state index contributed by atoms with van der Waals surface area (Å²) in [7, 11) is 1.64. The van der Waals surface area contributed by atoms with E-state index >= 15 is 0 Å². The fraction of sp³-hybridized carbons (Fsp3) is 0.214. The van der Waals surface area contributed by atoms with E-state index in [9.17, 15) is 4.79 Å². The van der Waals surface area contributed by atoms with Gasteiger partial charge in [0.05, 0.1) is 19.0 Å². The number of hydrogen-bond donors (Lipinski definition) is 3. The number of ether oxygens (including phenoxy) is 1. The summed E-state index contributed by atoms with van der Waals surface area (Å²) in [5, 5.41) is 2.82. The number of aromatic nitrogens is 2. The van der Waals surface area contributed by atoms with Crippen LogP contribution in [0.3, 0.4) is 0 Å². The largest absolute Gasteiger partial charge is 0.384 e. The lowest BCUT2D eigenvalue weighted by atomic mass is 10.1. The number of para-hydroxylation sites is 1. The highest BCUT2D eigenvalue weighted by atomic mass is 16.5. The summed E-state index contributed by atoms with van der Waals surface area (Å²) in [5.74, 6) is 5.24. The second-order valence-corrected chi connectivity index (χ2v) is 4.29. The molecule has 1 aromatic heterocycles. The van der Waals surface area contributed by atoms with Crippen LogP contribution in [0, 0.1) is 0 Å². The molecule has 110 valence electrons. The number of benzene rings is 1. The smallest absolute Gasteiger partial charge is 0.275 e. The average molecular weight is 287 g/mol. The minimum atomic E-state index is -0.343. The number of anilines is 2. The van der Waals surface area contributed by atoms with Gasteiger partial charge in [-0.3, -0.25) is 9.78 Å². The second kappa shape index (κ2) is 7.32. The zero-order chi connectivity index (χ0) is 15.1. The molecular formula is C14H17N5O2. The average Bonchev–Trinajstić information content (AvgIpc) is 2.54. The number of hydrogen-bond acceptors (Lipinski definition) is 6. The standard InChI is InChI=1S/C14H17N5O2/c1-21-7-6-10-4-2-3-5-11(10)18-14(20)12-8-16-9-13(17-12)19-15/h2-5,8-9H,6-7,15H2,1H3,(H,17,19)(H,18,20). The number of rotatable bonds is 6. The molecule has 0 aliphatic rings. The third kappa shape index (κ3) is 3.98. The van der Waals surface area contributed by atoms with Crippen LogP contribution in [-0.2, 0) is 11.2 Å². The van der Waals surface area contributed by atoms with E-state index in [0.29, 0.717) is 18.8 Å². The Kier molecular flexibility index (Phi) is 5.19. The van der Waals surface area contributed by atoms with Crippen LogP contribution in [0.2, 0.25) is 0 Å². The molecule has 1 aromatic carbocycles. The summed E-state index contributed by atoms with van der Waals surface area (Å²) in [5.41, 5.74) is 4.27. The van der Waals surface area contributed by atoms with Gasteiger partial charge in [-0.15, -0.1) is 0 Å². The Morgan fingerprint density at radius 3 is 2.90 bits per heavy atom. The minimum absolute atomic E-state index is 0.187. The Bertz CT molecular complexity index is 618. The van der Waals surface area contributed by atoms with Gasteiger partial charge in [-0.05, 0) is 18.1 Å².